The van der Waals surface area contributed by atoms with Crippen LogP contribution in [0.1, 0.15) is 5.56 Å². The van der Waals surface area contributed by atoms with Gasteiger partial charge in [0.25, 0.3) is 0 Å². The van der Waals surface area contributed by atoms with Crippen LogP contribution in [0.3, 0.4) is 0 Å². The molecular weight excluding hydrogens is 211 g/mol. The maximum Gasteiger partial charge on any atom is 0.490 e. The Kier molecular flexibility index (Phi) is 3.62. The quantitative estimate of drug-likeness (QED) is 0.811. The molecule has 0 aliphatic carbocycles. The highest BCUT2D eigenvalue weighted by Gasteiger charge is 2.13. The van der Waals surface area contributed by atoms with E-state index in [2.05, 4.69) is 25.1 Å². The summed E-state index contributed by atoms with van der Waals surface area (Å²) in [5.74, 6) is 0. The average molecular weight is 226 g/mol. The summed E-state index contributed by atoms with van der Waals surface area (Å²) in [4.78, 5) is 0. The molecule has 0 fully saturated rings. The molecule has 86 valence electrons. The monoisotopic (exact) mass is 226 g/mol. The molecule has 17 heavy (non-hydrogen) atoms. The van der Waals surface area contributed by atoms with Crippen molar-refractivity contribution in [3.8, 4) is 11.1 Å². The largest absolute Gasteiger partial charge is 0.490 e. The molecule has 0 aliphatic rings. The van der Waals surface area contributed by atoms with Crippen molar-refractivity contribution >= 4 is 12.6 Å². The van der Waals surface area contributed by atoms with Crippen LogP contribution in [0.25, 0.3) is 11.1 Å². The van der Waals surface area contributed by atoms with Crippen molar-refractivity contribution in [2.75, 3.05) is 7.11 Å². The van der Waals surface area contributed by atoms with E-state index >= 15 is 0 Å². The number of hydrogen-bond acceptors (Lipinski definition) is 2. The van der Waals surface area contributed by atoms with E-state index in [9.17, 15) is 5.02 Å². The maximum atomic E-state index is 9.51. The van der Waals surface area contributed by atoms with E-state index in [1.807, 2.05) is 30.3 Å². The third kappa shape index (κ3) is 2.76. The Balaban J connectivity index is 2.29. The van der Waals surface area contributed by atoms with Crippen molar-refractivity contribution in [3.63, 3.8) is 0 Å². The van der Waals surface area contributed by atoms with Gasteiger partial charge in [0.2, 0.25) is 0 Å². The van der Waals surface area contributed by atoms with Crippen LogP contribution in [0, 0.1) is 6.92 Å². The maximum absolute atomic E-state index is 9.51. The van der Waals surface area contributed by atoms with Crippen molar-refractivity contribution in [1.29, 1.82) is 0 Å². The summed E-state index contributed by atoms with van der Waals surface area (Å²) in [5.41, 5.74) is 4.33. The Morgan fingerprint density at radius 1 is 1.00 bits per heavy atom. The van der Waals surface area contributed by atoms with E-state index in [1.54, 1.807) is 0 Å². The third-order valence-electron chi connectivity index (χ3n) is 2.77. The predicted molar refractivity (Wildman–Crippen MR) is 71.2 cm³/mol. The molecule has 0 unspecified atom stereocenters. The van der Waals surface area contributed by atoms with Crippen LogP contribution in [0.2, 0.25) is 0 Å². The highest BCUT2D eigenvalue weighted by atomic mass is 16.5. The first-order valence-electron chi connectivity index (χ1n) is 5.58. The number of rotatable bonds is 3. The summed E-state index contributed by atoms with van der Waals surface area (Å²) in [6.07, 6.45) is 0. The fraction of sp³-hybridized carbons (Fsp3) is 0.143. The van der Waals surface area contributed by atoms with Crippen LogP contribution in [0.5, 0.6) is 0 Å². The lowest BCUT2D eigenvalue weighted by Gasteiger charge is -2.06. The molecule has 0 atom stereocenters. The Bertz CT molecular complexity index is 494. The Labute approximate surface area is 102 Å². The van der Waals surface area contributed by atoms with Crippen molar-refractivity contribution < 1.29 is 9.68 Å². The highest BCUT2D eigenvalue weighted by molar-refractivity contribution is 6.59. The van der Waals surface area contributed by atoms with Crippen LogP contribution >= 0.6 is 0 Å². The Hall–Kier alpha value is -1.58. The van der Waals surface area contributed by atoms with Gasteiger partial charge in [0, 0.05) is 7.11 Å². The van der Waals surface area contributed by atoms with E-state index in [0.29, 0.717) is 0 Å². The second-order valence-electron chi connectivity index (χ2n) is 4.08. The van der Waals surface area contributed by atoms with Crippen LogP contribution < -0.4 is 5.46 Å². The van der Waals surface area contributed by atoms with Gasteiger partial charge in [0.1, 0.15) is 0 Å². The summed E-state index contributed by atoms with van der Waals surface area (Å²) < 4.78 is 4.86. The van der Waals surface area contributed by atoms with Gasteiger partial charge in [-0.2, -0.15) is 0 Å². The highest BCUT2D eigenvalue weighted by Crippen LogP contribution is 2.19. The zero-order valence-electron chi connectivity index (χ0n) is 10.1. The van der Waals surface area contributed by atoms with Gasteiger partial charge < -0.3 is 9.68 Å². The van der Waals surface area contributed by atoms with Gasteiger partial charge in [-0.1, -0.05) is 54.1 Å². The van der Waals surface area contributed by atoms with Gasteiger partial charge in [0.05, 0.1) is 0 Å². The average Bonchev–Trinajstić information content (AvgIpc) is 2.38. The molecule has 0 aromatic heterocycles. The Morgan fingerprint density at radius 3 is 2.29 bits per heavy atom. The molecule has 0 bridgehead atoms. The summed E-state index contributed by atoms with van der Waals surface area (Å²) in [7, 11) is 0.639. The van der Waals surface area contributed by atoms with E-state index in [-0.39, 0.29) is 0 Å². The Morgan fingerprint density at radius 2 is 1.71 bits per heavy atom. The van der Waals surface area contributed by atoms with Crippen molar-refractivity contribution in [1.82, 2.24) is 0 Å². The van der Waals surface area contributed by atoms with Crippen molar-refractivity contribution in [2.45, 2.75) is 6.92 Å². The van der Waals surface area contributed by atoms with Gasteiger partial charge >= 0.3 is 7.12 Å². The van der Waals surface area contributed by atoms with Crippen LogP contribution in [0.4, 0.5) is 0 Å². The molecule has 0 radical (unpaired) electrons. The minimum atomic E-state index is -0.846. The summed E-state index contributed by atoms with van der Waals surface area (Å²) in [6, 6.07) is 16.1. The molecule has 0 heterocycles. The second-order valence-corrected chi connectivity index (χ2v) is 4.08. The number of benzene rings is 2. The second kappa shape index (κ2) is 5.17. The standard InChI is InChI=1S/C14H15BO2/c1-11-4-3-5-13(10-11)12-6-8-14(9-7-12)15(16)17-2/h3-10,16H,1-2H3. The smallest absolute Gasteiger partial charge is 0.423 e. The van der Waals surface area contributed by atoms with Crippen LogP contribution in [-0.4, -0.2) is 19.3 Å². The molecule has 0 saturated heterocycles. The molecule has 2 rings (SSSR count). The first-order valence-corrected chi connectivity index (χ1v) is 5.58. The number of aryl methyl sites for hydroxylation is 1. The van der Waals surface area contributed by atoms with Gasteiger partial charge in [-0.15, -0.1) is 0 Å². The lowest BCUT2D eigenvalue weighted by Crippen LogP contribution is -2.31. The zero-order valence-corrected chi connectivity index (χ0v) is 10.1. The molecule has 0 saturated carbocycles. The fourth-order valence-electron chi connectivity index (χ4n) is 1.80. The molecule has 2 aromatic carbocycles. The normalized spacial score (nSPS) is 10.3. The third-order valence-corrected chi connectivity index (χ3v) is 2.77. The van der Waals surface area contributed by atoms with Gasteiger partial charge in [-0.3, -0.25) is 0 Å². The lowest BCUT2D eigenvalue weighted by molar-refractivity contribution is 0.341. The van der Waals surface area contributed by atoms with E-state index in [0.717, 1.165) is 11.0 Å². The van der Waals surface area contributed by atoms with Crippen molar-refractivity contribution in [3.05, 3.63) is 54.1 Å². The summed E-state index contributed by atoms with van der Waals surface area (Å²) in [5, 5.41) is 9.51. The van der Waals surface area contributed by atoms with Gasteiger partial charge in [-0.25, -0.2) is 0 Å². The minimum Gasteiger partial charge on any atom is -0.423 e. The first-order chi connectivity index (χ1) is 8.20. The zero-order chi connectivity index (χ0) is 12.3. The van der Waals surface area contributed by atoms with Crippen LogP contribution in [-0.2, 0) is 4.65 Å². The molecule has 0 amide bonds. The van der Waals surface area contributed by atoms with E-state index in [1.165, 1.54) is 18.2 Å². The van der Waals surface area contributed by atoms with Gasteiger partial charge in [-0.05, 0) is 23.5 Å². The minimum absolute atomic E-state index is 0.768. The van der Waals surface area contributed by atoms with Crippen molar-refractivity contribution in [2.24, 2.45) is 0 Å². The van der Waals surface area contributed by atoms with E-state index in [4.69, 9.17) is 4.65 Å². The molecule has 2 nitrogen and oxygen atoms in total. The molecule has 3 heteroatoms. The van der Waals surface area contributed by atoms with Crippen LogP contribution in [0.15, 0.2) is 48.5 Å². The molecule has 0 spiro atoms. The molecule has 0 aliphatic heterocycles. The fourth-order valence-corrected chi connectivity index (χ4v) is 1.80. The van der Waals surface area contributed by atoms with Gasteiger partial charge in [0.15, 0.2) is 0 Å². The SMILES string of the molecule is COB(O)c1ccc(-c2cccc(C)c2)cc1. The summed E-state index contributed by atoms with van der Waals surface area (Å²) in [6.45, 7) is 2.08. The lowest BCUT2D eigenvalue weighted by atomic mass is 9.79. The number of hydrogen-bond donors (Lipinski definition) is 1. The first kappa shape index (κ1) is 11.9. The predicted octanol–water partition coefficient (Wildman–Crippen LogP) is 2.00. The molecular formula is C14H15BO2. The van der Waals surface area contributed by atoms with E-state index < -0.39 is 7.12 Å². The summed E-state index contributed by atoms with van der Waals surface area (Å²) >= 11 is 0. The topological polar surface area (TPSA) is 29.5 Å². The molecule has 2 aromatic rings. The molecule has 1 N–H and O–H groups in total.